The summed E-state index contributed by atoms with van der Waals surface area (Å²) in [6.07, 6.45) is 11.1. The van der Waals surface area contributed by atoms with Gasteiger partial charge in [0.15, 0.2) is 0 Å². The van der Waals surface area contributed by atoms with Crippen LogP contribution in [0.4, 0.5) is 0 Å². The van der Waals surface area contributed by atoms with Gasteiger partial charge in [-0.05, 0) is 37.4 Å². The average Bonchev–Trinajstić information content (AvgIpc) is 2.45. The molecule has 0 aromatic carbocycles. The zero-order valence-corrected chi connectivity index (χ0v) is 12.6. The number of nitrogens with zero attached hydrogens (tertiary/aromatic N) is 1. The summed E-state index contributed by atoms with van der Waals surface area (Å²) in [4.78, 5) is 4.50. The molecule has 0 bridgehead atoms. The molecule has 19 heavy (non-hydrogen) atoms. The molecule has 1 heterocycles. The van der Waals surface area contributed by atoms with Crippen LogP contribution in [-0.2, 0) is 0 Å². The maximum atomic E-state index is 5.93. The summed E-state index contributed by atoms with van der Waals surface area (Å²) in [5.74, 6) is 0.862. The highest BCUT2D eigenvalue weighted by Crippen LogP contribution is 2.31. The van der Waals surface area contributed by atoms with E-state index in [1.54, 1.807) is 6.20 Å². The maximum absolute atomic E-state index is 5.93. The quantitative estimate of drug-likeness (QED) is 0.814. The Balaban J connectivity index is 1.99. The van der Waals surface area contributed by atoms with E-state index in [1.165, 1.54) is 38.5 Å². The Labute approximate surface area is 122 Å². The van der Waals surface area contributed by atoms with E-state index >= 15 is 0 Å². The summed E-state index contributed by atoms with van der Waals surface area (Å²) < 4.78 is 0. The van der Waals surface area contributed by atoms with E-state index in [2.05, 4.69) is 23.3 Å². The molecule has 2 nitrogen and oxygen atoms in total. The second kappa shape index (κ2) is 7.86. The molecular formula is C16H25ClN2. The van der Waals surface area contributed by atoms with Gasteiger partial charge in [0.05, 0.1) is 10.7 Å². The molecule has 3 heteroatoms. The van der Waals surface area contributed by atoms with Gasteiger partial charge in [-0.25, -0.2) is 0 Å². The van der Waals surface area contributed by atoms with E-state index < -0.39 is 0 Å². The largest absolute Gasteiger partial charge is 0.309 e. The second-order valence-electron chi connectivity index (χ2n) is 5.65. The average molecular weight is 281 g/mol. The molecule has 1 atom stereocenters. The van der Waals surface area contributed by atoms with Crippen LogP contribution in [0.15, 0.2) is 18.3 Å². The van der Waals surface area contributed by atoms with E-state index in [-0.39, 0.29) is 0 Å². The smallest absolute Gasteiger partial charge is 0.0589 e. The molecule has 0 radical (unpaired) electrons. The van der Waals surface area contributed by atoms with E-state index in [0.717, 1.165) is 29.6 Å². The minimum absolute atomic E-state index is 0.389. The van der Waals surface area contributed by atoms with E-state index in [9.17, 15) is 0 Å². The molecule has 1 saturated carbocycles. The Kier molecular flexibility index (Phi) is 6.12. The lowest BCUT2D eigenvalue weighted by molar-refractivity contribution is 0.297. The Morgan fingerprint density at radius 1 is 1.32 bits per heavy atom. The van der Waals surface area contributed by atoms with Gasteiger partial charge >= 0.3 is 0 Å². The third kappa shape index (κ3) is 4.77. The molecular weight excluding hydrogens is 256 g/mol. The monoisotopic (exact) mass is 280 g/mol. The molecule has 106 valence electrons. The van der Waals surface area contributed by atoms with Gasteiger partial charge in [0.25, 0.3) is 0 Å². The molecule has 1 aliphatic carbocycles. The molecule has 0 saturated heterocycles. The van der Waals surface area contributed by atoms with Crippen LogP contribution in [0.3, 0.4) is 0 Å². The van der Waals surface area contributed by atoms with Gasteiger partial charge in [0.1, 0.15) is 0 Å². The molecule has 0 amide bonds. The number of halogens is 1. The second-order valence-corrected chi connectivity index (χ2v) is 6.08. The standard InChI is InChI=1S/C16H25ClN2/c1-2-10-18-16(11-13-6-4-3-5-7-13)15-9-8-14(17)12-19-15/h8-9,12-13,16,18H,2-7,10-11H2,1H3. The lowest BCUT2D eigenvalue weighted by Crippen LogP contribution is -2.26. The fraction of sp³-hybridized carbons (Fsp3) is 0.688. The molecule has 1 N–H and O–H groups in total. The summed E-state index contributed by atoms with van der Waals surface area (Å²) >= 11 is 5.93. The van der Waals surface area contributed by atoms with Crippen molar-refractivity contribution in [1.29, 1.82) is 0 Å². The third-order valence-electron chi connectivity index (χ3n) is 4.04. The summed E-state index contributed by atoms with van der Waals surface area (Å²) in [5, 5.41) is 4.37. The first-order valence-corrected chi connectivity index (χ1v) is 8.02. The van der Waals surface area contributed by atoms with E-state index in [4.69, 9.17) is 11.6 Å². The van der Waals surface area contributed by atoms with E-state index in [0.29, 0.717) is 6.04 Å². The summed E-state index contributed by atoms with van der Waals surface area (Å²) in [5.41, 5.74) is 1.14. The molecule has 1 fully saturated rings. The highest BCUT2D eigenvalue weighted by Gasteiger charge is 2.20. The Hall–Kier alpha value is -0.600. The zero-order valence-electron chi connectivity index (χ0n) is 11.9. The Bertz CT molecular complexity index is 358. The predicted octanol–water partition coefficient (Wildman–Crippen LogP) is 4.75. The first kappa shape index (κ1) is 14.8. The van der Waals surface area contributed by atoms with Crippen molar-refractivity contribution in [1.82, 2.24) is 10.3 Å². The summed E-state index contributed by atoms with van der Waals surface area (Å²) in [7, 11) is 0. The first-order chi connectivity index (χ1) is 9.29. The normalized spacial score (nSPS) is 18.4. The van der Waals surface area contributed by atoms with Crippen molar-refractivity contribution in [3.05, 3.63) is 29.0 Å². The minimum Gasteiger partial charge on any atom is -0.309 e. The zero-order chi connectivity index (χ0) is 13.5. The third-order valence-corrected chi connectivity index (χ3v) is 4.27. The SMILES string of the molecule is CCCNC(CC1CCCCC1)c1ccc(Cl)cn1. The topological polar surface area (TPSA) is 24.9 Å². The molecule has 2 rings (SSSR count). The first-order valence-electron chi connectivity index (χ1n) is 7.64. The van der Waals surface area contributed by atoms with Gasteiger partial charge in [-0.2, -0.15) is 0 Å². The van der Waals surface area contributed by atoms with Crippen molar-refractivity contribution in [2.45, 2.75) is 57.9 Å². The summed E-state index contributed by atoms with van der Waals surface area (Å²) in [6, 6.07) is 4.41. The minimum atomic E-state index is 0.389. The fourth-order valence-electron chi connectivity index (χ4n) is 2.98. The van der Waals surface area contributed by atoms with Gasteiger partial charge < -0.3 is 5.32 Å². The van der Waals surface area contributed by atoms with Crippen molar-refractivity contribution in [2.24, 2.45) is 5.92 Å². The highest BCUT2D eigenvalue weighted by atomic mass is 35.5. The molecule has 0 spiro atoms. The number of hydrogen-bond donors (Lipinski definition) is 1. The van der Waals surface area contributed by atoms with Crippen molar-refractivity contribution >= 4 is 11.6 Å². The summed E-state index contributed by atoms with van der Waals surface area (Å²) in [6.45, 7) is 3.27. The lowest BCUT2D eigenvalue weighted by atomic mass is 9.84. The predicted molar refractivity (Wildman–Crippen MR) is 81.5 cm³/mol. The molecule has 0 aliphatic heterocycles. The van der Waals surface area contributed by atoms with Gasteiger partial charge in [-0.1, -0.05) is 50.6 Å². The van der Waals surface area contributed by atoms with Gasteiger partial charge in [0.2, 0.25) is 0 Å². The van der Waals surface area contributed by atoms with Crippen molar-refractivity contribution in [2.75, 3.05) is 6.54 Å². The number of rotatable bonds is 6. The molecule has 1 aromatic heterocycles. The number of aromatic nitrogens is 1. The van der Waals surface area contributed by atoms with Crippen LogP contribution in [0.2, 0.25) is 5.02 Å². The van der Waals surface area contributed by atoms with Crippen LogP contribution in [0.1, 0.15) is 63.6 Å². The van der Waals surface area contributed by atoms with Crippen LogP contribution >= 0.6 is 11.6 Å². The van der Waals surface area contributed by atoms with Gasteiger partial charge in [-0.15, -0.1) is 0 Å². The Morgan fingerprint density at radius 3 is 2.74 bits per heavy atom. The lowest BCUT2D eigenvalue weighted by Gasteiger charge is -2.27. The van der Waals surface area contributed by atoms with Crippen LogP contribution in [0.25, 0.3) is 0 Å². The van der Waals surface area contributed by atoms with Crippen LogP contribution in [-0.4, -0.2) is 11.5 Å². The van der Waals surface area contributed by atoms with E-state index in [1.807, 2.05) is 6.07 Å². The van der Waals surface area contributed by atoms with Crippen LogP contribution < -0.4 is 5.32 Å². The number of pyridine rings is 1. The molecule has 1 aliphatic rings. The van der Waals surface area contributed by atoms with Crippen LogP contribution in [0, 0.1) is 5.92 Å². The van der Waals surface area contributed by atoms with Crippen molar-refractivity contribution in [3.63, 3.8) is 0 Å². The van der Waals surface area contributed by atoms with Crippen molar-refractivity contribution in [3.8, 4) is 0 Å². The van der Waals surface area contributed by atoms with Gasteiger partial charge in [-0.3, -0.25) is 4.98 Å². The van der Waals surface area contributed by atoms with Crippen molar-refractivity contribution < 1.29 is 0 Å². The van der Waals surface area contributed by atoms with Gasteiger partial charge in [0, 0.05) is 12.2 Å². The maximum Gasteiger partial charge on any atom is 0.0589 e. The molecule has 1 aromatic rings. The Morgan fingerprint density at radius 2 is 2.11 bits per heavy atom. The molecule has 1 unspecified atom stereocenters. The highest BCUT2D eigenvalue weighted by molar-refractivity contribution is 6.30. The van der Waals surface area contributed by atoms with Crippen LogP contribution in [0.5, 0.6) is 0 Å². The number of hydrogen-bond acceptors (Lipinski definition) is 2. The number of nitrogens with one attached hydrogen (secondary N) is 1. The fourth-order valence-corrected chi connectivity index (χ4v) is 3.09.